The van der Waals surface area contributed by atoms with E-state index in [1.165, 1.54) is 0 Å². The number of rotatable bonds is 3. The van der Waals surface area contributed by atoms with E-state index in [4.69, 9.17) is 0 Å². The molecule has 0 amide bonds. The second-order valence-electron chi connectivity index (χ2n) is 3.82. The first-order valence-corrected chi connectivity index (χ1v) is 4.82. The first-order valence-electron chi connectivity index (χ1n) is 4.82. The van der Waals surface area contributed by atoms with Gasteiger partial charge in [0.1, 0.15) is 0 Å². The van der Waals surface area contributed by atoms with Crippen molar-refractivity contribution in [2.75, 3.05) is 0 Å². The molecule has 0 radical (unpaired) electrons. The summed E-state index contributed by atoms with van der Waals surface area (Å²) in [5, 5.41) is 0. The summed E-state index contributed by atoms with van der Waals surface area (Å²) in [7, 11) is 0. The van der Waals surface area contributed by atoms with Crippen molar-refractivity contribution in [3.05, 3.63) is 46.5 Å². The Labute approximate surface area is 91.6 Å². The second kappa shape index (κ2) is 4.68. The van der Waals surface area contributed by atoms with E-state index in [0.29, 0.717) is 5.57 Å². The Kier molecular flexibility index (Phi) is 3.73. The molecule has 0 spiro atoms. The van der Waals surface area contributed by atoms with Crippen LogP contribution in [0, 0.1) is 30.2 Å². The van der Waals surface area contributed by atoms with Gasteiger partial charge in [-0.15, -0.1) is 6.58 Å². The molecule has 0 bridgehead atoms. The highest BCUT2D eigenvalue weighted by Gasteiger charge is 2.22. The summed E-state index contributed by atoms with van der Waals surface area (Å²) in [6.45, 7) is 6.24. The first-order chi connectivity index (χ1) is 7.36. The zero-order chi connectivity index (χ0) is 12.5. The van der Waals surface area contributed by atoms with E-state index in [-0.39, 0.29) is 12.8 Å². The third-order valence-corrected chi connectivity index (χ3v) is 2.38. The van der Waals surface area contributed by atoms with Gasteiger partial charge in [0.05, 0.1) is 0 Å². The van der Waals surface area contributed by atoms with E-state index in [1.807, 2.05) is 0 Å². The van der Waals surface area contributed by atoms with Crippen molar-refractivity contribution in [3.8, 4) is 0 Å². The van der Waals surface area contributed by atoms with Crippen LogP contribution in [-0.2, 0) is 6.42 Å². The lowest BCUT2D eigenvalue weighted by Gasteiger charge is -2.09. The molecule has 1 aromatic carbocycles. The van der Waals surface area contributed by atoms with E-state index < -0.39 is 34.4 Å². The summed E-state index contributed by atoms with van der Waals surface area (Å²) >= 11 is 0. The molecule has 1 rings (SSSR count). The van der Waals surface area contributed by atoms with Gasteiger partial charge in [-0.3, -0.25) is 0 Å². The minimum atomic E-state index is -1.32. The van der Waals surface area contributed by atoms with Gasteiger partial charge in [0.2, 0.25) is 0 Å². The average Bonchev–Trinajstić information content (AvgIpc) is 2.23. The molecule has 16 heavy (non-hydrogen) atoms. The van der Waals surface area contributed by atoms with E-state index >= 15 is 0 Å². The molecule has 0 saturated carbocycles. The van der Waals surface area contributed by atoms with Gasteiger partial charge < -0.3 is 0 Å². The monoisotopic (exact) mass is 232 g/mol. The van der Waals surface area contributed by atoms with Crippen LogP contribution in [-0.4, -0.2) is 0 Å². The van der Waals surface area contributed by atoms with Crippen LogP contribution < -0.4 is 0 Å². The van der Waals surface area contributed by atoms with Crippen LogP contribution in [0.15, 0.2) is 12.2 Å². The molecular weight excluding hydrogens is 220 g/mol. The number of halogens is 4. The maximum absolute atomic E-state index is 13.3. The van der Waals surface area contributed by atoms with Crippen LogP contribution in [0.5, 0.6) is 0 Å². The highest BCUT2D eigenvalue weighted by molar-refractivity contribution is 5.29. The number of allylic oxidation sites excluding steroid dienone is 1. The predicted molar refractivity (Wildman–Crippen MR) is 54.1 cm³/mol. The van der Waals surface area contributed by atoms with E-state index in [9.17, 15) is 17.6 Å². The molecule has 0 heterocycles. The summed E-state index contributed by atoms with van der Waals surface area (Å²) in [5.41, 5.74) is -0.488. The molecule has 0 N–H and O–H groups in total. The molecule has 0 saturated heterocycles. The van der Waals surface area contributed by atoms with Crippen molar-refractivity contribution in [1.29, 1.82) is 0 Å². The number of hydrogen-bond donors (Lipinski definition) is 0. The van der Waals surface area contributed by atoms with Gasteiger partial charge in [-0.25, -0.2) is 17.6 Å². The molecule has 0 fully saturated rings. The van der Waals surface area contributed by atoms with Gasteiger partial charge in [-0.05, 0) is 26.7 Å². The lowest BCUT2D eigenvalue weighted by atomic mass is 10.0. The summed E-state index contributed by atoms with van der Waals surface area (Å²) < 4.78 is 53.0. The van der Waals surface area contributed by atoms with Crippen LogP contribution in [0.25, 0.3) is 0 Å². The molecule has 4 heteroatoms. The zero-order valence-corrected chi connectivity index (χ0v) is 9.13. The minimum absolute atomic E-state index is 0.0961. The lowest BCUT2D eigenvalue weighted by molar-refractivity contribution is 0.430. The fourth-order valence-corrected chi connectivity index (χ4v) is 1.34. The molecule has 88 valence electrons. The molecule has 0 aliphatic carbocycles. The molecule has 0 aromatic heterocycles. The third-order valence-electron chi connectivity index (χ3n) is 2.38. The van der Waals surface area contributed by atoms with Crippen molar-refractivity contribution in [2.24, 2.45) is 0 Å². The van der Waals surface area contributed by atoms with Crippen LogP contribution in [0.3, 0.4) is 0 Å². The van der Waals surface area contributed by atoms with Gasteiger partial charge in [0.15, 0.2) is 23.3 Å². The van der Waals surface area contributed by atoms with Crippen molar-refractivity contribution >= 4 is 0 Å². The Hall–Kier alpha value is -1.32. The topological polar surface area (TPSA) is 0 Å². The second-order valence-corrected chi connectivity index (χ2v) is 3.82. The van der Waals surface area contributed by atoms with E-state index in [0.717, 1.165) is 6.92 Å². The van der Waals surface area contributed by atoms with Crippen LogP contribution >= 0.6 is 0 Å². The maximum Gasteiger partial charge on any atom is 0.165 e. The van der Waals surface area contributed by atoms with Gasteiger partial charge in [0, 0.05) is 11.1 Å². The van der Waals surface area contributed by atoms with E-state index in [2.05, 4.69) is 6.58 Å². The molecule has 0 aliphatic heterocycles. The Morgan fingerprint density at radius 1 is 1.00 bits per heavy atom. The van der Waals surface area contributed by atoms with Crippen molar-refractivity contribution in [3.63, 3.8) is 0 Å². The first kappa shape index (κ1) is 12.7. The van der Waals surface area contributed by atoms with Gasteiger partial charge >= 0.3 is 0 Å². The largest absolute Gasteiger partial charge is 0.203 e. The van der Waals surface area contributed by atoms with Gasteiger partial charge in [-0.2, -0.15) is 0 Å². The molecular formula is C12H12F4. The molecule has 1 aromatic rings. The van der Waals surface area contributed by atoms with Crippen LogP contribution in [0.4, 0.5) is 17.6 Å². The smallest absolute Gasteiger partial charge is 0.165 e. The summed E-state index contributed by atoms with van der Waals surface area (Å²) in [6, 6.07) is 0. The normalized spacial score (nSPS) is 10.6. The minimum Gasteiger partial charge on any atom is -0.203 e. The van der Waals surface area contributed by atoms with Crippen LogP contribution in [0.2, 0.25) is 0 Å². The van der Waals surface area contributed by atoms with E-state index in [1.54, 1.807) is 6.92 Å². The Bertz CT molecular complexity index is 406. The summed E-state index contributed by atoms with van der Waals surface area (Å²) in [4.78, 5) is 0. The highest BCUT2D eigenvalue weighted by Crippen LogP contribution is 2.25. The molecule has 0 unspecified atom stereocenters. The Morgan fingerprint density at radius 2 is 1.44 bits per heavy atom. The quantitative estimate of drug-likeness (QED) is 0.419. The van der Waals surface area contributed by atoms with Gasteiger partial charge in [-0.1, -0.05) is 5.57 Å². The molecule has 0 nitrogen and oxygen atoms in total. The van der Waals surface area contributed by atoms with Crippen molar-refractivity contribution in [1.82, 2.24) is 0 Å². The summed E-state index contributed by atoms with van der Waals surface area (Å²) in [6.07, 6.45) is 0.191. The SMILES string of the molecule is C=C(C)CCc1c(F)c(F)c(C)c(F)c1F. The fraction of sp³-hybridized carbons (Fsp3) is 0.333. The fourth-order valence-electron chi connectivity index (χ4n) is 1.34. The average molecular weight is 232 g/mol. The Balaban J connectivity index is 3.23. The maximum atomic E-state index is 13.3. The summed E-state index contributed by atoms with van der Waals surface area (Å²) in [5.74, 6) is -5.26. The lowest BCUT2D eigenvalue weighted by Crippen LogP contribution is -2.06. The predicted octanol–water partition coefficient (Wildman–Crippen LogP) is 4.06. The standard InChI is InChI=1S/C12H12F4/c1-6(2)4-5-8-11(15)9(13)7(3)10(14)12(8)16/h1,4-5H2,2-3H3. The van der Waals surface area contributed by atoms with Crippen LogP contribution in [0.1, 0.15) is 24.5 Å². The molecule has 0 aliphatic rings. The Morgan fingerprint density at radius 3 is 1.81 bits per heavy atom. The zero-order valence-electron chi connectivity index (χ0n) is 9.13. The third kappa shape index (κ3) is 2.26. The number of benzene rings is 1. The van der Waals surface area contributed by atoms with Crippen molar-refractivity contribution < 1.29 is 17.6 Å². The molecule has 0 atom stereocenters. The number of hydrogen-bond acceptors (Lipinski definition) is 0. The van der Waals surface area contributed by atoms with Crippen molar-refractivity contribution in [2.45, 2.75) is 26.7 Å². The van der Waals surface area contributed by atoms with Gasteiger partial charge in [0.25, 0.3) is 0 Å². The highest BCUT2D eigenvalue weighted by atomic mass is 19.2.